The lowest BCUT2D eigenvalue weighted by molar-refractivity contribution is -0.426. The molecule has 0 radical (unpaired) electrons. The topological polar surface area (TPSA) is 113 Å². The molecule has 4 bridgehead atoms. The number of ether oxygens (including phenoxy) is 2. The third-order valence-corrected chi connectivity index (χ3v) is 9.16. The largest absolute Gasteiger partial charge is 0.462 e. The van der Waals surface area contributed by atoms with Gasteiger partial charge in [-0.05, 0) is 30.6 Å². The van der Waals surface area contributed by atoms with Crippen molar-refractivity contribution in [1.29, 1.82) is 0 Å². The fourth-order valence-electron chi connectivity index (χ4n) is 8.01. The highest BCUT2D eigenvalue weighted by atomic mass is 16.6. The van der Waals surface area contributed by atoms with Crippen LogP contribution in [0.1, 0.15) is 52.9 Å². The summed E-state index contributed by atoms with van der Waals surface area (Å²) in [6, 6.07) is 0. The lowest BCUT2D eigenvalue weighted by atomic mass is 9.36. The Balaban J connectivity index is 1.78. The molecule has 6 rings (SSSR count). The number of aliphatic hydroxyl groups is 3. The minimum Gasteiger partial charge on any atom is -0.462 e. The number of esters is 1. The maximum atomic E-state index is 13.6. The van der Waals surface area contributed by atoms with Crippen molar-refractivity contribution in [3.8, 4) is 0 Å². The number of carbonyl (C=O) groups is 2. The van der Waals surface area contributed by atoms with E-state index in [2.05, 4.69) is 20.4 Å². The number of carbonyl (C=O) groups excluding carboxylic acids is 2. The van der Waals surface area contributed by atoms with Gasteiger partial charge in [0.25, 0.3) is 0 Å². The van der Waals surface area contributed by atoms with Gasteiger partial charge in [0.05, 0.1) is 23.7 Å². The summed E-state index contributed by atoms with van der Waals surface area (Å²) in [4.78, 5) is 25.6. The van der Waals surface area contributed by atoms with Gasteiger partial charge >= 0.3 is 5.97 Å². The summed E-state index contributed by atoms with van der Waals surface area (Å²) >= 11 is 0. The van der Waals surface area contributed by atoms with E-state index in [-0.39, 0.29) is 42.8 Å². The molecule has 0 aromatic heterocycles. The molecule has 0 aromatic carbocycles. The first-order valence-corrected chi connectivity index (χ1v) is 10.5. The first kappa shape index (κ1) is 19.7. The highest BCUT2D eigenvalue weighted by Gasteiger charge is 2.85. The molecule has 8 atom stereocenters. The van der Waals surface area contributed by atoms with Gasteiger partial charge in [-0.3, -0.25) is 9.59 Å². The van der Waals surface area contributed by atoms with Crippen molar-refractivity contribution in [2.75, 3.05) is 6.61 Å². The van der Waals surface area contributed by atoms with Crippen molar-refractivity contribution in [2.45, 2.75) is 76.5 Å². The molecule has 3 N–H and O–H groups in total. The highest BCUT2D eigenvalue weighted by Crippen LogP contribution is 2.77. The Morgan fingerprint density at radius 2 is 1.97 bits per heavy atom. The van der Waals surface area contributed by atoms with Crippen LogP contribution in [-0.2, 0) is 19.1 Å². The minimum absolute atomic E-state index is 0.0157. The molecule has 7 nitrogen and oxygen atoms in total. The lowest BCUT2D eigenvalue weighted by Crippen LogP contribution is -2.80. The summed E-state index contributed by atoms with van der Waals surface area (Å²) in [5.74, 6) is -3.48. The van der Waals surface area contributed by atoms with E-state index in [1.807, 2.05) is 0 Å². The predicted octanol–water partition coefficient (Wildman–Crippen LogP) is 1.09. The van der Waals surface area contributed by atoms with Gasteiger partial charge in [-0.1, -0.05) is 20.4 Å². The van der Waals surface area contributed by atoms with Gasteiger partial charge in [0.2, 0.25) is 0 Å². The monoisotopic (exact) mass is 406 g/mol. The molecule has 4 aliphatic carbocycles. The molecule has 0 aromatic rings. The van der Waals surface area contributed by atoms with E-state index in [9.17, 15) is 24.9 Å². The summed E-state index contributed by atoms with van der Waals surface area (Å²) in [5, 5.41) is 34.4. The van der Waals surface area contributed by atoms with E-state index in [1.165, 1.54) is 6.92 Å². The molecule has 0 amide bonds. The van der Waals surface area contributed by atoms with E-state index in [0.29, 0.717) is 6.42 Å². The summed E-state index contributed by atoms with van der Waals surface area (Å²) in [6.45, 7) is 9.49. The van der Waals surface area contributed by atoms with Gasteiger partial charge in [-0.2, -0.15) is 0 Å². The number of hydrogen-bond donors (Lipinski definition) is 3. The van der Waals surface area contributed by atoms with Crippen LogP contribution in [0.3, 0.4) is 0 Å². The third-order valence-electron chi connectivity index (χ3n) is 9.16. The van der Waals surface area contributed by atoms with E-state index >= 15 is 0 Å². The number of hydrogen-bond acceptors (Lipinski definition) is 7. The SMILES string of the molecule is C=C1C(=O)[C@]23C[C@@]1(O)C[C@H](OC(C)=O)[C@H]2[C@@]12CO[C@]3(O)C[C@@H]1C(C)(C)CC[C@@H]2O. The summed E-state index contributed by atoms with van der Waals surface area (Å²) in [5.41, 5.74) is -4.01. The van der Waals surface area contributed by atoms with Gasteiger partial charge < -0.3 is 24.8 Å². The number of ketones is 1. The fraction of sp³-hybridized carbons (Fsp3) is 0.818. The number of rotatable bonds is 1. The van der Waals surface area contributed by atoms with Crippen LogP contribution in [0.4, 0.5) is 0 Å². The van der Waals surface area contributed by atoms with Crippen molar-refractivity contribution in [3.63, 3.8) is 0 Å². The van der Waals surface area contributed by atoms with Crippen LogP contribution in [0.15, 0.2) is 12.2 Å². The van der Waals surface area contributed by atoms with Gasteiger partial charge in [0.1, 0.15) is 6.10 Å². The van der Waals surface area contributed by atoms with Crippen molar-refractivity contribution in [1.82, 2.24) is 0 Å². The van der Waals surface area contributed by atoms with Crippen LogP contribution in [-0.4, -0.2) is 57.3 Å². The van der Waals surface area contributed by atoms with Crippen LogP contribution in [0.25, 0.3) is 0 Å². The zero-order valence-electron chi connectivity index (χ0n) is 17.2. The van der Waals surface area contributed by atoms with E-state index in [1.54, 1.807) is 0 Å². The Morgan fingerprint density at radius 3 is 2.62 bits per heavy atom. The van der Waals surface area contributed by atoms with Crippen LogP contribution >= 0.6 is 0 Å². The van der Waals surface area contributed by atoms with E-state index in [4.69, 9.17) is 9.47 Å². The molecule has 6 fully saturated rings. The maximum Gasteiger partial charge on any atom is 0.302 e. The second-order valence-electron chi connectivity index (χ2n) is 10.8. The molecule has 2 saturated heterocycles. The van der Waals surface area contributed by atoms with Crippen LogP contribution in [0.5, 0.6) is 0 Å². The normalized spacial score (nSPS) is 54.7. The van der Waals surface area contributed by atoms with Gasteiger partial charge in [0, 0.05) is 36.7 Å². The summed E-state index contributed by atoms with van der Waals surface area (Å²) in [7, 11) is 0. The van der Waals surface area contributed by atoms with Crippen molar-refractivity contribution in [2.24, 2.45) is 28.1 Å². The van der Waals surface area contributed by atoms with Crippen molar-refractivity contribution in [3.05, 3.63) is 12.2 Å². The summed E-state index contributed by atoms with van der Waals surface area (Å²) in [6.07, 6.45) is 0.00692. The van der Waals surface area contributed by atoms with Gasteiger partial charge in [-0.25, -0.2) is 0 Å². The molecule has 4 saturated carbocycles. The third kappa shape index (κ3) is 1.98. The first-order valence-electron chi connectivity index (χ1n) is 10.5. The highest BCUT2D eigenvalue weighted by molar-refractivity contribution is 6.06. The van der Waals surface area contributed by atoms with Gasteiger partial charge in [-0.15, -0.1) is 0 Å². The second kappa shape index (κ2) is 5.31. The number of aliphatic hydroxyl groups excluding tert-OH is 1. The van der Waals surface area contributed by atoms with Crippen LogP contribution in [0, 0.1) is 28.1 Å². The Labute approximate surface area is 170 Å². The molecule has 2 spiro atoms. The predicted molar refractivity (Wildman–Crippen MR) is 100 cm³/mol. The Bertz CT molecular complexity index is 835. The van der Waals surface area contributed by atoms with E-state index < -0.39 is 52.1 Å². The van der Waals surface area contributed by atoms with Crippen molar-refractivity contribution < 1.29 is 34.4 Å². The molecular formula is C22H30O7. The van der Waals surface area contributed by atoms with Crippen LogP contribution < -0.4 is 0 Å². The minimum atomic E-state index is -1.79. The van der Waals surface area contributed by atoms with E-state index in [0.717, 1.165) is 6.42 Å². The Morgan fingerprint density at radius 1 is 1.28 bits per heavy atom. The molecule has 2 aliphatic heterocycles. The molecule has 29 heavy (non-hydrogen) atoms. The first-order chi connectivity index (χ1) is 13.3. The average Bonchev–Trinajstić information content (AvgIpc) is 2.77. The molecule has 0 unspecified atom stereocenters. The van der Waals surface area contributed by atoms with Gasteiger partial charge in [0.15, 0.2) is 11.6 Å². The molecule has 160 valence electrons. The fourth-order valence-corrected chi connectivity index (χ4v) is 8.01. The number of fused-ring (bicyclic) bond motifs is 2. The molecular weight excluding hydrogens is 376 g/mol. The maximum absolute atomic E-state index is 13.6. The Kier molecular flexibility index (Phi) is 3.60. The zero-order valence-corrected chi connectivity index (χ0v) is 17.2. The summed E-state index contributed by atoms with van der Waals surface area (Å²) < 4.78 is 11.7. The molecule has 7 heteroatoms. The average molecular weight is 406 g/mol. The zero-order chi connectivity index (χ0) is 21.2. The smallest absolute Gasteiger partial charge is 0.302 e. The molecule has 2 heterocycles. The quantitative estimate of drug-likeness (QED) is 0.441. The lowest BCUT2D eigenvalue weighted by Gasteiger charge is -2.73. The van der Waals surface area contributed by atoms with Crippen molar-refractivity contribution >= 4 is 11.8 Å². The second-order valence-corrected chi connectivity index (χ2v) is 10.8. The number of Topliss-reactive ketones (excluding diaryl/α,β-unsaturated/α-hetero) is 1. The molecule has 6 aliphatic rings. The standard InChI is InChI=1S/C22H30O7/c1-11-17(25)21-9-19(11,26)7-13(29-12(2)23)16(21)20-10-28-22(21,27)8-14(20)18(3,4)6-5-15(20)24/h13-16,24,26-27H,1,5-10H2,2-4H3/t13-,14+,15-,16-,19-,20-,21-,22+/m0/s1. The Hall–Kier alpha value is -1.28. The van der Waals surface area contributed by atoms with Crippen LogP contribution in [0.2, 0.25) is 0 Å².